The molecule has 0 fully saturated rings. The molecule has 0 radical (unpaired) electrons. The van der Waals surface area contributed by atoms with Gasteiger partial charge in [0.1, 0.15) is 0 Å². The van der Waals surface area contributed by atoms with Crippen LogP contribution in [-0.4, -0.2) is 23.4 Å². The fraction of sp³-hybridized carbons (Fsp3) is 0.786. The lowest BCUT2D eigenvalue weighted by Crippen LogP contribution is -2.29. The molecule has 0 bridgehead atoms. The van der Waals surface area contributed by atoms with Crippen molar-refractivity contribution in [1.82, 2.24) is 15.1 Å². The number of hydrogen-bond donors (Lipinski definition) is 1. The lowest BCUT2D eigenvalue weighted by Gasteiger charge is -2.26. The van der Waals surface area contributed by atoms with Crippen LogP contribution >= 0.6 is 0 Å². The summed E-state index contributed by atoms with van der Waals surface area (Å²) in [5.74, 6) is 1.46. The van der Waals surface area contributed by atoms with Gasteiger partial charge in [-0.15, -0.1) is 0 Å². The molecule has 0 aliphatic carbocycles. The van der Waals surface area contributed by atoms with Crippen LogP contribution in [0.3, 0.4) is 0 Å². The van der Waals surface area contributed by atoms with Crippen molar-refractivity contribution in [2.24, 2.45) is 13.0 Å². The summed E-state index contributed by atoms with van der Waals surface area (Å²) in [4.78, 5) is 0. The highest BCUT2D eigenvalue weighted by Crippen LogP contribution is 2.31. The number of nitrogens with zero attached hydrogens (tertiary/aromatic N) is 2. The quantitative estimate of drug-likeness (QED) is 0.774. The normalized spacial score (nSPS) is 14.5. The second-order valence-electron chi connectivity index (χ2n) is 4.92. The Morgan fingerprint density at radius 2 is 2.11 bits per heavy atom. The van der Waals surface area contributed by atoms with E-state index in [0.29, 0.717) is 12.0 Å². The first-order chi connectivity index (χ1) is 8.65. The smallest absolute Gasteiger partial charge is 0.161 e. The zero-order chi connectivity index (χ0) is 13.5. The van der Waals surface area contributed by atoms with Crippen molar-refractivity contribution in [2.75, 3.05) is 13.7 Å². The van der Waals surface area contributed by atoms with E-state index in [1.807, 2.05) is 11.7 Å². The topological polar surface area (TPSA) is 39.1 Å². The maximum atomic E-state index is 5.43. The summed E-state index contributed by atoms with van der Waals surface area (Å²) >= 11 is 0. The number of ether oxygens (including phenoxy) is 1. The Morgan fingerprint density at radius 1 is 1.39 bits per heavy atom. The molecule has 0 amide bonds. The highest BCUT2D eigenvalue weighted by Gasteiger charge is 2.24. The second kappa shape index (κ2) is 7.41. The molecule has 2 unspecified atom stereocenters. The molecule has 1 heterocycles. The third-order valence-electron chi connectivity index (χ3n) is 3.39. The van der Waals surface area contributed by atoms with Gasteiger partial charge in [0.15, 0.2) is 5.75 Å². The highest BCUT2D eigenvalue weighted by molar-refractivity contribution is 5.28. The summed E-state index contributed by atoms with van der Waals surface area (Å²) in [7, 11) is 3.69. The van der Waals surface area contributed by atoms with E-state index in [1.54, 1.807) is 13.3 Å². The molecule has 4 nitrogen and oxygen atoms in total. The Kier molecular flexibility index (Phi) is 6.19. The summed E-state index contributed by atoms with van der Waals surface area (Å²) in [6.07, 6.45) is 5.34. The predicted octanol–water partition coefficient (Wildman–Crippen LogP) is 2.91. The zero-order valence-electron chi connectivity index (χ0n) is 12.4. The van der Waals surface area contributed by atoms with Gasteiger partial charge in [0.2, 0.25) is 0 Å². The molecule has 1 N–H and O–H groups in total. The molecule has 4 heteroatoms. The van der Waals surface area contributed by atoms with Crippen LogP contribution in [0.2, 0.25) is 0 Å². The Hall–Kier alpha value is -1.03. The number of rotatable bonds is 8. The van der Waals surface area contributed by atoms with Crippen LogP contribution in [0.5, 0.6) is 5.75 Å². The van der Waals surface area contributed by atoms with E-state index in [-0.39, 0.29) is 0 Å². The third-order valence-corrected chi connectivity index (χ3v) is 3.39. The van der Waals surface area contributed by atoms with Gasteiger partial charge in [0.05, 0.1) is 25.0 Å². The van der Waals surface area contributed by atoms with Gasteiger partial charge >= 0.3 is 0 Å². The van der Waals surface area contributed by atoms with Crippen LogP contribution in [0.4, 0.5) is 0 Å². The Labute approximate surface area is 111 Å². The van der Waals surface area contributed by atoms with Crippen molar-refractivity contribution in [3.05, 3.63) is 11.9 Å². The van der Waals surface area contributed by atoms with Crippen LogP contribution in [-0.2, 0) is 7.05 Å². The largest absolute Gasteiger partial charge is 0.493 e. The number of aryl methyl sites for hydroxylation is 1. The van der Waals surface area contributed by atoms with E-state index < -0.39 is 0 Å². The molecule has 1 rings (SSSR count). The summed E-state index contributed by atoms with van der Waals surface area (Å²) in [6, 6.07) is 0.312. The van der Waals surface area contributed by atoms with Crippen LogP contribution in [0.1, 0.15) is 51.8 Å². The van der Waals surface area contributed by atoms with E-state index in [4.69, 9.17) is 4.74 Å². The van der Waals surface area contributed by atoms with E-state index in [2.05, 4.69) is 31.2 Å². The van der Waals surface area contributed by atoms with E-state index >= 15 is 0 Å². The van der Waals surface area contributed by atoms with Crippen LogP contribution in [0.15, 0.2) is 6.20 Å². The third kappa shape index (κ3) is 3.48. The molecule has 0 aromatic carbocycles. The fourth-order valence-electron chi connectivity index (χ4n) is 2.43. The molecule has 18 heavy (non-hydrogen) atoms. The lowest BCUT2D eigenvalue weighted by molar-refractivity contribution is 0.329. The molecule has 104 valence electrons. The molecule has 0 aliphatic heterocycles. The van der Waals surface area contributed by atoms with Crippen molar-refractivity contribution in [1.29, 1.82) is 0 Å². The average Bonchev–Trinajstić information content (AvgIpc) is 2.72. The minimum Gasteiger partial charge on any atom is -0.493 e. The van der Waals surface area contributed by atoms with Crippen molar-refractivity contribution in [3.63, 3.8) is 0 Å². The Morgan fingerprint density at radius 3 is 2.67 bits per heavy atom. The molecule has 0 aliphatic rings. The highest BCUT2D eigenvalue weighted by atomic mass is 16.5. The first-order valence-electron chi connectivity index (χ1n) is 6.94. The molecular formula is C14H27N3O. The van der Waals surface area contributed by atoms with Gasteiger partial charge in [-0.05, 0) is 25.3 Å². The summed E-state index contributed by atoms with van der Waals surface area (Å²) in [6.45, 7) is 7.74. The monoisotopic (exact) mass is 253 g/mol. The van der Waals surface area contributed by atoms with Crippen LogP contribution in [0, 0.1) is 5.92 Å². The van der Waals surface area contributed by atoms with E-state index in [1.165, 1.54) is 12.8 Å². The molecule has 1 aromatic rings. The Bertz CT molecular complexity index is 349. The van der Waals surface area contributed by atoms with Gasteiger partial charge in [-0.25, -0.2) is 0 Å². The zero-order valence-corrected chi connectivity index (χ0v) is 12.4. The number of aromatic nitrogens is 2. The van der Waals surface area contributed by atoms with Crippen molar-refractivity contribution >= 4 is 0 Å². The van der Waals surface area contributed by atoms with Crippen molar-refractivity contribution < 1.29 is 4.74 Å². The van der Waals surface area contributed by atoms with Gasteiger partial charge in [-0.3, -0.25) is 4.68 Å². The maximum absolute atomic E-state index is 5.43. The van der Waals surface area contributed by atoms with E-state index in [0.717, 1.165) is 24.4 Å². The van der Waals surface area contributed by atoms with E-state index in [9.17, 15) is 0 Å². The lowest BCUT2D eigenvalue weighted by atomic mass is 9.93. The fourth-order valence-corrected chi connectivity index (χ4v) is 2.43. The standard InChI is InChI=1S/C14H27N3O/c1-6-8-11(3)13(15-9-7-2)14-12(18-5)10-16-17(14)4/h10-11,13,15H,6-9H2,1-5H3. The number of hydrogen-bond acceptors (Lipinski definition) is 3. The molecule has 0 spiro atoms. The summed E-state index contributed by atoms with van der Waals surface area (Å²) < 4.78 is 7.36. The van der Waals surface area contributed by atoms with Gasteiger partial charge in [-0.2, -0.15) is 5.10 Å². The Balaban J connectivity index is 2.96. The second-order valence-corrected chi connectivity index (χ2v) is 4.92. The number of methoxy groups -OCH3 is 1. The van der Waals surface area contributed by atoms with Crippen molar-refractivity contribution in [3.8, 4) is 5.75 Å². The van der Waals surface area contributed by atoms with Gasteiger partial charge in [-0.1, -0.05) is 27.2 Å². The molecule has 2 atom stereocenters. The molecular weight excluding hydrogens is 226 g/mol. The first kappa shape index (κ1) is 15.0. The molecule has 1 aromatic heterocycles. The van der Waals surface area contributed by atoms with Gasteiger partial charge in [0, 0.05) is 7.05 Å². The van der Waals surface area contributed by atoms with Crippen molar-refractivity contribution in [2.45, 2.75) is 46.1 Å². The van der Waals surface area contributed by atoms with Crippen LogP contribution < -0.4 is 10.1 Å². The van der Waals surface area contributed by atoms with Gasteiger partial charge in [0.25, 0.3) is 0 Å². The maximum Gasteiger partial charge on any atom is 0.161 e. The summed E-state index contributed by atoms with van der Waals surface area (Å²) in [5, 5.41) is 7.94. The summed E-state index contributed by atoms with van der Waals surface area (Å²) in [5.41, 5.74) is 1.16. The SMILES string of the molecule is CCCNC(c1c(OC)cnn1C)C(C)CCC. The minimum absolute atomic E-state index is 0.312. The predicted molar refractivity (Wildman–Crippen MR) is 74.9 cm³/mol. The minimum atomic E-state index is 0.312. The molecule has 0 saturated carbocycles. The average molecular weight is 253 g/mol. The number of nitrogens with one attached hydrogen (secondary N) is 1. The van der Waals surface area contributed by atoms with Gasteiger partial charge < -0.3 is 10.1 Å². The first-order valence-corrected chi connectivity index (χ1v) is 6.94. The van der Waals surface area contributed by atoms with Crippen LogP contribution in [0.25, 0.3) is 0 Å². The molecule has 0 saturated heterocycles.